The molecule has 4 nitrogen and oxygen atoms in total. The molecule has 0 aromatic carbocycles. The number of hydrogen-bond donors (Lipinski definition) is 0. The zero-order valence-corrected chi connectivity index (χ0v) is 33.3. The topological polar surface area (TPSA) is 44.8 Å². The molecule has 0 aromatic rings. The summed E-state index contributed by atoms with van der Waals surface area (Å²) in [5.74, 6) is 0.164. The largest absolute Gasteiger partial charge is 0.417 e. The molecule has 0 radical (unpaired) electrons. The maximum atomic E-state index is 14.6. The smallest absolute Gasteiger partial charge is 0.192 e. The molecule has 0 N–H and O–H groups in total. The monoisotopic (exact) mass is 614 g/mol. The average molecular weight is 615 g/mol. The van der Waals surface area contributed by atoms with E-state index in [1.54, 1.807) is 0 Å². The number of Topliss-reactive ketones (excluding diaryl/α,β-unsaturated/α-hetero) is 1. The van der Waals surface area contributed by atoms with E-state index in [-0.39, 0.29) is 44.9 Å². The summed E-state index contributed by atoms with van der Waals surface area (Å²) < 4.78 is 20.7. The Labute approximate surface area is 254 Å². The van der Waals surface area contributed by atoms with Gasteiger partial charge in [0.25, 0.3) is 0 Å². The van der Waals surface area contributed by atoms with Crippen molar-refractivity contribution in [1.82, 2.24) is 0 Å². The summed E-state index contributed by atoms with van der Waals surface area (Å²) in [6.45, 7) is 47.2. The van der Waals surface area contributed by atoms with E-state index < -0.39 is 30.4 Å². The third-order valence-corrected chi connectivity index (χ3v) is 24.1. The Morgan fingerprint density at radius 1 is 0.725 bits per heavy atom. The molecule has 0 saturated heterocycles. The Bertz CT molecular complexity index is 826. The Hall–Kier alpha value is -0.0594. The summed E-state index contributed by atoms with van der Waals surface area (Å²) in [4.78, 5) is 14.6. The molecular weight excluding hydrogens is 545 g/mol. The first-order valence-electron chi connectivity index (χ1n) is 15.6. The van der Waals surface area contributed by atoms with E-state index in [4.69, 9.17) is 13.3 Å². The van der Waals surface area contributed by atoms with Crippen molar-refractivity contribution in [1.29, 1.82) is 0 Å². The lowest BCUT2D eigenvalue weighted by molar-refractivity contribution is -0.140. The van der Waals surface area contributed by atoms with Crippen molar-refractivity contribution in [3.63, 3.8) is 0 Å². The highest BCUT2D eigenvalue weighted by molar-refractivity contribution is 6.75. The van der Waals surface area contributed by atoms with Crippen LogP contribution in [0.15, 0.2) is 12.7 Å². The quantitative estimate of drug-likeness (QED) is 0.136. The van der Waals surface area contributed by atoms with Gasteiger partial charge in [-0.2, -0.15) is 0 Å². The van der Waals surface area contributed by atoms with Gasteiger partial charge in [-0.1, -0.05) is 96.1 Å². The second-order valence-corrected chi connectivity index (χ2v) is 31.8. The zero-order chi connectivity index (χ0) is 32.3. The van der Waals surface area contributed by atoms with Gasteiger partial charge in [0.1, 0.15) is 5.78 Å². The molecule has 0 rings (SSSR count). The van der Waals surface area contributed by atoms with Gasteiger partial charge in [-0.15, -0.1) is 6.58 Å². The number of carbonyl (C=O) groups is 1. The molecule has 40 heavy (non-hydrogen) atoms. The van der Waals surface area contributed by atoms with Crippen molar-refractivity contribution in [2.75, 3.05) is 6.61 Å². The van der Waals surface area contributed by atoms with E-state index in [0.717, 1.165) is 6.42 Å². The lowest BCUT2D eigenvalue weighted by Crippen LogP contribution is -2.54. The zero-order valence-electron chi connectivity index (χ0n) is 30.3. The molecule has 0 bridgehead atoms. The third kappa shape index (κ3) is 10.3. The first-order chi connectivity index (χ1) is 17.5. The van der Waals surface area contributed by atoms with Gasteiger partial charge >= 0.3 is 0 Å². The van der Waals surface area contributed by atoms with E-state index in [1.807, 2.05) is 6.08 Å². The van der Waals surface area contributed by atoms with Gasteiger partial charge in [-0.05, 0) is 73.2 Å². The maximum Gasteiger partial charge on any atom is 0.192 e. The SMILES string of the molecule is C=CC[C@H](C)[C@H](O[Si](C)(C)C(C)(C)C)[C@@H](C)C(=O)C(C)(C)[C@H](CCO[Si](C)(C)C(C)(C)C)O[Si](C)(C)C(C)(C)C. The highest BCUT2D eigenvalue weighted by Crippen LogP contribution is 2.44. The first-order valence-corrected chi connectivity index (χ1v) is 24.3. The molecule has 0 aliphatic carbocycles. The van der Waals surface area contributed by atoms with Crippen LogP contribution in [0.5, 0.6) is 0 Å². The van der Waals surface area contributed by atoms with Gasteiger partial charge in [0, 0.05) is 17.9 Å². The van der Waals surface area contributed by atoms with Crippen LogP contribution in [0.2, 0.25) is 54.4 Å². The molecule has 0 unspecified atom stereocenters. The first kappa shape index (κ1) is 39.9. The lowest BCUT2D eigenvalue weighted by Gasteiger charge is -2.47. The minimum Gasteiger partial charge on any atom is -0.417 e. The third-order valence-electron chi connectivity index (χ3n) is 10.6. The highest BCUT2D eigenvalue weighted by atomic mass is 28.4. The fraction of sp³-hybridized carbons (Fsp3) is 0.909. The molecular formula is C33H70O4Si3. The lowest BCUT2D eigenvalue weighted by atomic mass is 9.73. The summed E-state index contributed by atoms with van der Waals surface area (Å²) in [6.07, 6.45) is 3.09. The van der Waals surface area contributed by atoms with Gasteiger partial charge in [0.2, 0.25) is 0 Å². The van der Waals surface area contributed by atoms with E-state index in [0.29, 0.717) is 13.0 Å². The van der Waals surface area contributed by atoms with Crippen LogP contribution in [0.1, 0.15) is 103 Å². The molecule has 0 amide bonds. The van der Waals surface area contributed by atoms with Crippen molar-refractivity contribution >= 4 is 30.7 Å². The summed E-state index contributed by atoms with van der Waals surface area (Å²) in [6, 6.07) is 0. The fourth-order valence-electron chi connectivity index (χ4n) is 4.26. The molecule has 0 aliphatic heterocycles. The van der Waals surface area contributed by atoms with Gasteiger partial charge in [-0.25, -0.2) is 0 Å². The van der Waals surface area contributed by atoms with Crippen LogP contribution >= 0.6 is 0 Å². The van der Waals surface area contributed by atoms with Crippen LogP contribution in [0.4, 0.5) is 0 Å². The van der Waals surface area contributed by atoms with Crippen LogP contribution in [0.25, 0.3) is 0 Å². The minimum absolute atomic E-state index is 0.0444. The molecule has 4 atom stereocenters. The van der Waals surface area contributed by atoms with Crippen LogP contribution in [-0.4, -0.2) is 49.6 Å². The van der Waals surface area contributed by atoms with Crippen LogP contribution in [0.3, 0.4) is 0 Å². The molecule has 0 aromatic heterocycles. The predicted octanol–water partition coefficient (Wildman–Crippen LogP) is 10.6. The normalized spacial score (nSPS) is 17.8. The average Bonchev–Trinajstić information content (AvgIpc) is 2.73. The fourth-order valence-corrected chi connectivity index (χ4v) is 8.27. The number of hydrogen-bond acceptors (Lipinski definition) is 4. The standard InChI is InChI=1S/C33H70O4Si3/c1-21-22-25(2)28(37-40(19,20)32(10,11)12)26(3)29(34)33(13,14)27(36-39(17,18)31(7,8)9)23-24-35-38(15,16)30(4,5)6/h21,25-28H,1,22-24H2,2-20H3/t25-,26+,27-,28-/m0/s1. The molecule has 7 heteroatoms. The van der Waals surface area contributed by atoms with Gasteiger partial charge in [0.05, 0.1) is 12.2 Å². The number of ketones is 1. The predicted molar refractivity (Wildman–Crippen MR) is 184 cm³/mol. The summed E-state index contributed by atoms with van der Waals surface area (Å²) in [5, 5.41) is 0.244. The van der Waals surface area contributed by atoms with Crippen LogP contribution in [0, 0.1) is 17.3 Å². The summed E-state index contributed by atoms with van der Waals surface area (Å²) >= 11 is 0. The Kier molecular flexibility index (Phi) is 13.7. The van der Waals surface area contributed by atoms with Crippen molar-refractivity contribution in [2.24, 2.45) is 17.3 Å². The van der Waals surface area contributed by atoms with E-state index in [1.165, 1.54) is 0 Å². The van der Waals surface area contributed by atoms with Crippen molar-refractivity contribution in [3.8, 4) is 0 Å². The number of carbonyl (C=O) groups excluding carboxylic acids is 1. The Morgan fingerprint density at radius 3 is 1.50 bits per heavy atom. The van der Waals surface area contributed by atoms with E-state index in [9.17, 15) is 4.79 Å². The van der Waals surface area contributed by atoms with E-state index in [2.05, 4.69) is 136 Å². The van der Waals surface area contributed by atoms with Crippen molar-refractivity contribution in [2.45, 2.75) is 169 Å². The summed E-state index contributed by atoms with van der Waals surface area (Å²) in [5.41, 5.74) is -0.686. The molecule has 0 heterocycles. The summed E-state index contributed by atoms with van der Waals surface area (Å²) in [7, 11) is -6.17. The molecule has 0 spiro atoms. The molecule has 0 saturated carbocycles. The maximum absolute atomic E-state index is 14.6. The molecule has 0 fully saturated rings. The Morgan fingerprint density at radius 2 is 1.12 bits per heavy atom. The van der Waals surface area contributed by atoms with Gasteiger partial charge in [-0.3, -0.25) is 4.79 Å². The highest BCUT2D eigenvalue weighted by Gasteiger charge is 2.49. The van der Waals surface area contributed by atoms with Gasteiger partial charge in [0.15, 0.2) is 25.0 Å². The van der Waals surface area contributed by atoms with Crippen LogP contribution in [-0.2, 0) is 18.1 Å². The van der Waals surface area contributed by atoms with Gasteiger partial charge < -0.3 is 13.3 Å². The second kappa shape index (κ2) is 13.7. The van der Waals surface area contributed by atoms with E-state index >= 15 is 0 Å². The minimum atomic E-state index is -2.15. The number of rotatable bonds is 15. The van der Waals surface area contributed by atoms with Crippen LogP contribution < -0.4 is 0 Å². The Balaban J connectivity index is 6.44. The van der Waals surface area contributed by atoms with Crippen molar-refractivity contribution in [3.05, 3.63) is 12.7 Å². The number of allylic oxidation sites excluding steroid dienone is 1. The second-order valence-electron chi connectivity index (χ2n) is 17.5. The molecule has 238 valence electrons. The molecule has 0 aliphatic rings. The van der Waals surface area contributed by atoms with Crippen molar-refractivity contribution < 1.29 is 18.1 Å².